The number of imidazole rings is 1. The van der Waals surface area contributed by atoms with Crippen molar-refractivity contribution in [3.8, 4) is 0 Å². The fraction of sp³-hybridized carbons (Fsp3) is 0.578. The molecule has 2 heterocycles. The molecule has 0 spiro atoms. The van der Waals surface area contributed by atoms with Crippen LogP contribution >= 0.6 is 0 Å². The van der Waals surface area contributed by atoms with Gasteiger partial charge in [0.15, 0.2) is 5.96 Å². The van der Waals surface area contributed by atoms with Crippen LogP contribution in [0.3, 0.4) is 0 Å². The monoisotopic (exact) mass is 1150 g/mol. The first-order valence-corrected chi connectivity index (χ1v) is 25.0. The van der Waals surface area contributed by atoms with Crippen molar-refractivity contribution in [2.75, 3.05) is 19.6 Å². The number of aliphatic imine (C=N–C) groups is 1. The van der Waals surface area contributed by atoms with Gasteiger partial charge in [-0.05, 0) is 51.9 Å². The largest absolute Gasteiger partial charge is 0.481 e. The Morgan fingerprint density at radius 2 is 1.16 bits per heavy atom. The van der Waals surface area contributed by atoms with E-state index in [4.69, 9.17) is 34.4 Å². The number of aliphatic carboxylic acids is 3. The van der Waals surface area contributed by atoms with E-state index in [1.54, 1.807) is 0 Å². The highest BCUT2D eigenvalue weighted by molar-refractivity contribution is 5.99. The second-order valence-electron chi connectivity index (χ2n) is 18.5. The first-order chi connectivity index (χ1) is 38.0. The van der Waals surface area contributed by atoms with E-state index in [2.05, 4.69) is 52.2 Å². The number of guanidine groups is 1. The normalized spacial score (nSPS) is 15.6. The Morgan fingerprint density at radius 1 is 0.630 bits per heavy atom. The summed E-state index contributed by atoms with van der Waals surface area (Å²) in [6.45, 7) is 0.409. The van der Waals surface area contributed by atoms with Crippen LogP contribution in [0, 0.1) is 0 Å². The molecule has 1 aromatic heterocycles. The lowest BCUT2D eigenvalue weighted by Crippen LogP contribution is -2.60. The maximum atomic E-state index is 14.5. The summed E-state index contributed by atoms with van der Waals surface area (Å²) >= 11 is 0. The molecule has 12 amide bonds. The lowest BCUT2D eigenvalue weighted by Gasteiger charge is -2.31. The van der Waals surface area contributed by atoms with Crippen LogP contribution in [0.5, 0.6) is 0 Å². The molecule has 0 radical (unpaired) electrons. The Kier molecular flexibility index (Phi) is 28.1. The van der Waals surface area contributed by atoms with Crippen molar-refractivity contribution in [3.63, 3.8) is 0 Å². The van der Waals surface area contributed by atoms with Gasteiger partial charge in [-0.15, -0.1) is 0 Å². The summed E-state index contributed by atoms with van der Waals surface area (Å²) in [5.41, 5.74) is 32.5. The van der Waals surface area contributed by atoms with Crippen molar-refractivity contribution in [3.05, 3.63) is 18.2 Å². The van der Waals surface area contributed by atoms with Crippen LogP contribution in [0.25, 0.3) is 0 Å². The van der Waals surface area contributed by atoms with Gasteiger partial charge in [0.05, 0.1) is 31.8 Å². The number of nitrogens with one attached hydrogen (secondary N) is 9. The molecule has 0 aromatic carbocycles. The minimum Gasteiger partial charge on any atom is -0.481 e. The Balaban J connectivity index is 2.44. The molecule has 9 atom stereocenters. The number of likely N-dealkylation sites (tertiary alicyclic amines) is 1. The summed E-state index contributed by atoms with van der Waals surface area (Å²) in [4.78, 5) is 204. The lowest BCUT2D eigenvalue weighted by molar-refractivity contribution is -0.144. The van der Waals surface area contributed by atoms with Gasteiger partial charge >= 0.3 is 17.9 Å². The molecule has 448 valence electrons. The summed E-state index contributed by atoms with van der Waals surface area (Å²) in [6.07, 6.45) is -3.08. The second-order valence-corrected chi connectivity index (χ2v) is 18.5. The average molecular weight is 1150 g/mol. The van der Waals surface area contributed by atoms with Gasteiger partial charge in [-0.1, -0.05) is 0 Å². The smallest absolute Gasteiger partial charge is 0.326 e. The van der Waals surface area contributed by atoms with Gasteiger partial charge in [-0.3, -0.25) is 72.1 Å². The van der Waals surface area contributed by atoms with Gasteiger partial charge < -0.3 is 102 Å². The maximum absolute atomic E-state index is 14.5. The zero-order valence-corrected chi connectivity index (χ0v) is 43.9. The fourth-order valence-corrected chi connectivity index (χ4v) is 7.72. The molecule has 1 aliphatic rings. The third kappa shape index (κ3) is 25.2. The number of carbonyl (C=O) groups is 15. The molecule has 1 fully saturated rings. The number of nitrogens with zero attached hydrogens (tertiary/aromatic N) is 3. The predicted molar refractivity (Wildman–Crippen MR) is 275 cm³/mol. The fourth-order valence-electron chi connectivity index (χ4n) is 7.72. The third-order valence-corrected chi connectivity index (χ3v) is 11.8. The maximum Gasteiger partial charge on any atom is 0.326 e. The van der Waals surface area contributed by atoms with E-state index in [9.17, 15) is 87.2 Å². The average Bonchev–Trinajstić information content (AvgIpc) is 4.18. The van der Waals surface area contributed by atoms with Gasteiger partial charge in [-0.25, -0.2) is 9.78 Å². The molecule has 0 unspecified atom stereocenters. The summed E-state index contributed by atoms with van der Waals surface area (Å²) in [7, 11) is 0. The zero-order valence-electron chi connectivity index (χ0n) is 43.9. The molecule has 1 saturated heterocycles. The van der Waals surface area contributed by atoms with Gasteiger partial charge in [-0.2, -0.15) is 0 Å². The van der Waals surface area contributed by atoms with E-state index in [0.717, 1.165) is 4.90 Å². The number of carboxylic acid groups (broad SMARTS) is 3. The number of aromatic nitrogens is 2. The molecule has 0 saturated carbocycles. The molecule has 1 aromatic rings. The summed E-state index contributed by atoms with van der Waals surface area (Å²) in [5.74, 6) is -17.7. The highest BCUT2D eigenvalue weighted by Crippen LogP contribution is 2.21. The second kappa shape index (κ2) is 33.7. The molecule has 81 heavy (non-hydrogen) atoms. The quantitative estimate of drug-likeness (QED) is 0.0167. The molecular formula is C45H70N18O18. The number of H-pyrrole nitrogens is 1. The van der Waals surface area contributed by atoms with E-state index in [1.807, 2.05) is 5.32 Å². The van der Waals surface area contributed by atoms with Crippen LogP contribution in [0.4, 0.5) is 0 Å². The number of hydrogen-bond donors (Lipinski definition) is 18. The van der Waals surface area contributed by atoms with Crippen LogP contribution in [0.15, 0.2) is 17.5 Å². The third-order valence-electron chi connectivity index (χ3n) is 11.8. The van der Waals surface area contributed by atoms with Crippen molar-refractivity contribution in [1.82, 2.24) is 57.4 Å². The molecule has 0 aliphatic carbocycles. The summed E-state index contributed by atoms with van der Waals surface area (Å²) in [5, 5.41) is 46.6. The standard InChI is InChI=1S/C45H70N18O18/c1-20(46)36(72)57-22(6-9-30(47)64)37(73)54-18-33(67)56-26(14-21-17-52-19-55-21)40(76)60-25(4-2-12-53-45(50)51)43(79)63-13-3-5-29(63)42(78)59-23(7-10-31(48)65)38(74)61-27(16-35(70)71)41(77)58-24(8-11-34(68)69)39(75)62-28(44(80)81)15-32(49)66/h17,19-20,22-29H,2-16,18,46H2,1H3,(H2,47,64)(H2,48,65)(H2,49,66)(H,52,55)(H,54,73)(H,56,67)(H,57,72)(H,58,77)(H,59,78)(H,60,76)(H,61,74)(H,62,75)(H,68,69)(H,70,71)(H,80,81)(H4,50,51,53)/t20-,22-,23-,24-,25-,26-,27-,28-,29-/m0/s1. The van der Waals surface area contributed by atoms with Crippen LogP contribution in [-0.4, -0.2) is 199 Å². The Bertz CT molecular complexity index is 2500. The van der Waals surface area contributed by atoms with Crippen molar-refractivity contribution >= 4 is 94.8 Å². The van der Waals surface area contributed by atoms with E-state index in [0.29, 0.717) is 5.69 Å². The summed E-state index contributed by atoms with van der Waals surface area (Å²) in [6, 6.07) is -14.5. The topological polar surface area (TPSA) is 613 Å². The SMILES string of the molecule is C[C@H](N)C(=O)N[C@@H](CCC(N)=O)C(=O)NCC(=O)N[C@@H](Cc1cnc[nH]1)C(=O)N[C@@H](CCCN=C(N)N)C(=O)N1CCC[C@H]1C(=O)N[C@@H](CCC(N)=O)C(=O)N[C@@H](CC(=O)O)C(=O)N[C@@H](CCC(=O)O)C(=O)N[C@@H](CC(N)=O)C(=O)O. The lowest BCUT2D eigenvalue weighted by atomic mass is 10.0. The number of primary amides is 3. The number of nitrogens with two attached hydrogens (primary N) is 6. The Hall–Kier alpha value is -9.51. The molecule has 2 rings (SSSR count). The highest BCUT2D eigenvalue weighted by atomic mass is 16.4. The van der Waals surface area contributed by atoms with Gasteiger partial charge in [0, 0.05) is 50.7 Å². The van der Waals surface area contributed by atoms with Gasteiger partial charge in [0.2, 0.25) is 70.9 Å². The van der Waals surface area contributed by atoms with Crippen molar-refractivity contribution in [2.45, 2.75) is 145 Å². The predicted octanol–water partition coefficient (Wildman–Crippen LogP) is -9.32. The first kappa shape index (κ1) is 67.6. The van der Waals surface area contributed by atoms with Crippen LogP contribution in [0.1, 0.15) is 89.7 Å². The number of carbonyl (C=O) groups excluding carboxylic acids is 12. The van der Waals surface area contributed by atoms with Crippen molar-refractivity contribution < 1.29 is 87.2 Å². The zero-order chi connectivity index (χ0) is 61.1. The molecular weight excluding hydrogens is 1080 g/mol. The van der Waals surface area contributed by atoms with Crippen LogP contribution < -0.4 is 76.9 Å². The minimum absolute atomic E-state index is 0.0445. The number of carboxylic acids is 3. The molecule has 0 bridgehead atoms. The molecule has 24 N–H and O–H groups in total. The molecule has 1 aliphatic heterocycles. The summed E-state index contributed by atoms with van der Waals surface area (Å²) < 4.78 is 0. The van der Waals surface area contributed by atoms with Gasteiger partial charge in [0.25, 0.3) is 0 Å². The highest BCUT2D eigenvalue weighted by Gasteiger charge is 2.41. The Labute approximate surface area is 460 Å². The van der Waals surface area contributed by atoms with Crippen molar-refractivity contribution in [1.29, 1.82) is 0 Å². The van der Waals surface area contributed by atoms with E-state index in [-0.39, 0.29) is 64.0 Å². The number of hydrogen-bond acceptors (Lipinski definition) is 18. The van der Waals surface area contributed by atoms with E-state index < -0.39 is 188 Å². The Morgan fingerprint density at radius 3 is 1.69 bits per heavy atom. The van der Waals surface area contributed by atoms with E-state index >= 15 is 0 Å². The van der Waals surface area contributed by atoms with Crippen molar-refractivity contribution in [2.24, 2.45) is 39.4 Å². The minimum atomic E-state index is -2.11. The number of aromatic amines is 1. The molecule has 36 heteroatoms. The van der Waals surface area contributed by atoms with Crippen LogP contribution in [0.2, 0.25) is 0 Å². The van der Waals surface area contributed by atoms with E-state index in [1.165, 1.54) is 19.4 Å². The number of amides is 12. The molecule has 36 nitrogen and oxygen atoms in total. The first-order valence-electron chi connectivity index (χ1n) is 25.0. The number of rotatable bonds is 37. The van der Waals surface area contributed by atoms with Gasteiger partial charge in [0.1, 0.15) is 48.3 Å². The van der Waals surface area contributed by atoms with Crippen LogP contribution in [-0.2, 0) is 78.3 Å².